The number of methoxy groups -OCH3 is 1. The van der Waals surface area contributed by atoms with E-state index in [4.69, 9.17) is 9.39 Å². The molecule has 0 aromatic heterocycles. The van der Waals surface area contributed by atoms with E-state index in [0.29, 0.717) is 0 Å². The van der Waals surface area contributed by atoms with E-state index in [2.05, 4.69) is 0 Å². The summed E-state index contributed by atoms with van der Waals surface area (Å²) in [6.45, 7) is 7.20. The fourth-order valence-electron chi connectivity index (χ4n) is 1.29. The minimum Gasteiger partial charge on any atom is -0.496 e. The Morgan fingerprint density at radius 2 is 1.84 bits per heavy atom. The van der Waals surface area contributed by atoms with Crippen molar-refractivity contribution in [2.24, 2.45) is 0 Å². The molecule has 5 heteroatoms. The van der Waals surface area contributed by atoms with E-state index in [0.717, 1.165) is 16.1 Å². The van der Waals surface area contributed by atoms with Crippen LogP contribution in [0.4, 0.5) is 0 Å². The van der Waals surface area contributed by atoms with Gasteiger partial charge < -0.3 is 14.5 Å². The van der Waals surface area contributed by atoms with E-state index in [1.807, 2.05) is 38.3 Å². The Morgan fingerprint density at radius 1 is 1.21 bits per heavy atom. The van der Waals surface area contributed by atoms with Crippen LogP contribution in [0.1, 0.15) is 27.7 Å². The lowest BCUT2D eigenvalue weighted by atomic mass is 9.82. The number of ether oxygens (including phenoxy) is 1. The van der Waals surface area contributed by atoms with Gasteiger partial charge in [-0.15, -0.1) is 11.8 Å². The smallest absolute Gasteiger partial charge is 0.330 e. The molecule has 0 spiro atoms. The third-order valence-electron chi connectivity index (χ3n) is 3.37. The molecule has 0 atom stereocenters. The molecule has 1 aromatic carbocycles. The van der Waals surface area contributed by atoms with Crippen LogP contribution in [-0.2, 0) is 4.65 Å². The van der Waals surface area contributed by atoms with E-state index >= 15 is 0 Å². The van der Waals surface area contributed by atoms with Crippen LogP contribution >= 0.6 is 11.8 Å². The highest BCUT2D eigenvalue weighted by Crippen LogP contribution is 2.27. The maximum absolute atomic E-state index is 10.0. The highest BCUT2D eigenvalue weighted by atomic mass is 32.2. The third-order valence-corrected chi connectivity index (χ3v) is 4.13. The molecule has 0 fully saturated rings. The first kappa shape index (κ1) is 16.4. The predicted octanol–water partition coefficient (Wildman–Crippen LogP) is 2.23. The second-order valence-corrected chi connectivity index (χ2v) is 6.27. The fourth-order valence-corrected chi connectivity index (χ4v) is 1.89. The summed E-state index contributed by atoms with van der Waals surface area (Å²) < 4.78 is 11.0. The van der Waals surface area contributed by atoms with Gasteiger partial charge in [0.15, 0.2) is 0 Å². The molecule has 105 valence electrons. The molecule has 1 N–H and O–H groups in total. The maximum atomic E-state index is 10.0. The molecule has 3 nitrogen and oxygen atoms in total. The molecule has 0 amide bonds. The van der Waals surface area contributed by atoms with Gasteiger partial charge in [-0.25, -0.2) is 0 Å². The van der Waals surface area contributed by atoms with Crippen molar-refractivity contribution in [1.82, 2.24) is 0 Å². The van der Waals surface area contributed by atoms with Gasteiger partial charge in [0, 0.05) is 4.90 Å². The van der Waals surface area contributed by atoms with Crippen molar-refractivity contribution in [1.29, 1.82) is 0 Å². The summed E-state index contributed by atoms with van der Waals surface area (Å²) in [5, 5.41) is 10.0. The summed E-state index contributed by atoms with van der Waals surface area (Å²) in [5.41, 5.74) is -0.632. The lowest BCUT2D eigenvalue weighted by molar-refractivity contribution is -0.0893. The van der Waals surface area contributed by atoms with Gasteiger partial charge in [0.05, 0.1) is 18.3 Å². The molecule has 0 saturated carbocycles. The molecule has 1 rings (SSSR count). The molecule has 1 aromatic rings. The van der Waals surface area contributed by atoms with Crippen LogP contribution in [0, 0.1) is 0 Å². The van der Waals surface area contributed by atoms with Crippen LogP contribution in [0.25, 0.3) is 0 Å². The van der Waals surface area contributed by atoms with Crippen molar-refractivity contribution < 1.29 is 14.5 Å². The second-order valence-electron chi connectivity index (χ2n) is 5.42. The van der Waals surface area contributed by atoms with Gasteiger partial charge in [-0.05, 0) is 46.1 Å². The summed E-state index contributed by atoms with van der Waals surface area (Å²) in [7, 11) is 3.34. The summed E-state index contributed by atoms with van der Waals surface area (Å²) in [6, 6.07) is 5.85. The average molecular weight is 281 g/mol. The van der Waals surface area contributed by atoms with E-state index < -0.39 is 11.2 Å². The van der Waals surface area contributed by atoms with Gasteiger partial charge in [0.25, 0.3) is 0 Å². The molecular formula is C14H22BO3S. The Morgan fingerprint density at radius 3 is 2.32 bits per heavy atom. The monoisotopic (exact) mass is 281 g/mol. The summed E-state index contributed by atoms with van der Waals surface area (Å²) in [5.74, 6) is 0.853. The van der Waals surface area contributed by atoms with Crippen molar-refractivity contribution in [2.75, 3.05) is 13.4 Å². The van der Waals surface area contributed by atoms with Crippen LogP contribution in [0.5, 0.6) is 5.75 Å². The van der Waals surface area contributed by atoms with Crippen LogP contribution in [-0.4, -0.2) is 37.2 Å². The Hall–Kier alpha value is -0.645. The first-order valence-corrected chi connectivity index (χ1v) is 7.39. The van der Waals surface area contributed by atoms with Gasteiger partial charge >= 0.3 is 7.48 Å². The number of rotatable bonds is 6. The van der Waals surface area contributed by atoms with Crippen LogP contribution in [0.2, 0.25) is 0 Å². The van der Waals surface area contributed by atoms with Crippen LogP contribution < -0.4 is 10.2 Å². The minimum absolute atomic E-state index is 0.660. The predicted molar refractivity (Wildman–Crippen MR) is 81.6 cm³/mol. The number of aliphatic hydroxyl groups is 1. The zero-order valence-corrected chi connectivity index (χ0v) is 13.3. The summed E-state index contributed by atoms with van der Waals surface area (Å²) in [4.78, 5) is 1.06. The normalized spacial score (nSPS) is 12.4. The van der Waals surface area contributed by atoms with Crippen LogP contribution in [0.3, 0.4) is 0 Å². The number of thioether (sulfide) groups is 1. The van der Waals surface area contributed by atoms with Gasteiger partial charge in [-0.1, -0.05) is 11.5 Å². The molecule has 0 aliphatic carbocycles. The molecule has 0 aliphatic rings. The van der Waals surface area contributed by atoms with Crippen molar-refractivity contribution in [3.05, 3.63) is 18.2 Å². The van der Waals surface area contributed by atoms with Gasteiger partial charge in [-0.2, -0.15) is 0 Å². The fraction of sp³-hybridized carbons (Fsp3) is 0.571. The zero-order chi connectivity index (χ0) is 14.7. The van der Waals surface area contributed by atoms with Crippen molar-refractivity contribution >= 4 is 24.7 Å². The highest BCUT2D eigenvalue weighted by molar-refractivity contribution is 7.98. The van der Waals surface area contributed by atoms with E-state index in [1.54, 1.807) is 40.2 Å². The average Bonchev–Trinajstić information content (AvgIpc) is 2.34. The molecule has 0 heterocycles. The lowest BCUT2D eigenvalue weighted by Gasteiger charge is -2.37. The first-order valence-electron chi connectivity index (χ1n) is 6.16. The molecule has 0 bridgehead atoms. The Kier molecular flexibility index (Phi) is 5.36. The molecule has 0 unspecified atom stereocenters. The molecule has 1 radical (unpaired) electrons. The van der Waals surface area contributed by atoms with E-state index in [-0.39, 0.29) is 0 Å². The third kappa shape index (κ3) is 4.16. The minimum atomic E-state index is -0.918. The Labute approximate surface area is 121 Å². The molecule has 19 heavy (non-hydrogen) atoms. The van der Waals surface area contributed by atoms with Crippen LogP contribution in [0.15, 0.2) is 23.1 Å². The topological polar surface area (TPSA) is 38.7 Å². The maximum Gasteiger partial charge on any atom is 0.330 e. The number of hydrogen-bond acceptors (Lipinski definition) is 4. The quantitative estimate of drug-likeness (QED) is 0.641. The standard InChI is InChI=1S/C14H22BO3S/c1-13(2,16)14(3,4)18-15-10-7-8-11(17-5)12(9-10)19-6/h7-9,16H,1-6H3. The van der Waals surface area contributed by atoms with Gasteiger partial charge in [-0.3, -0.25) is 0 Å². The summed E-state index contributed by atoms with van der Waals surface area (Å²) in [6.07, 6.45) is 2.00. The van der Waals surface area contributed by atoms with Gasteiger partial charge in [0.2, 0.25) is 0 Å². The number of hydrogen-bond donors (Lipinski definition) is 1. The van der Waals surface area contributed by atoms with Crippen molar-refractivity contribution in [2.45, 2.75) is 43.8 Å². The summed E-state index contributed by atoms with van der Waals surface area (Å²) >= 11 is 1.62. The van der Waals surface area contributed by atoms with Crippen molar-refractivity contribution in [3.63, 3.8) is 0 Å². The zero-order valence-electron chi connectivity index (χ0n) is 12.5. The molecule has 0 aliphatic heterocycles. The Balaban J connectivity index is 2.79. The highest BCUT2D eigenvalue weighted by Gasteiger charge is 2.35. The van der Waals surface area contributed by atoms with Gasteiger partial charge in [0.1, 0.15) is 5.75 Å². The first-order chi connectivity index (χ1) is 8.71. The lowest BCUT2D eigenvalue weighted by Crippen LogP contribution is -2.49. The number of benzene rings is 1. The van der Waals surface area contributed by atoms with E-state index in [1.165, 1.54) is 0 Å². The largest absolute Gasteiger partial charge is 0.496 e. The molecule has 0 saturated heterocycles. The second kappa shape index (κ2) is 6.20. The van der Waals surface area contributed by atoms with Crippen molar-refractivity contribution in [3.8, 4) is 5.75 Å². The SMILES string of the molecule is COc1ccc([B]OC(C)(C)C(C)(C)O)cc1SC. The van der Waals surface area contributed by atoms with E-state index in [9.17, 15) is 5.11 Å². The Bertz CT molecular complexity index is 427. The molecular weight excluding hydrogens is 259 g/mol.